The monoisotopic (exact) mass is 230 g/mol. The highest BCUT2D eigenvalue weighted by Gasteiger charge is 2.17. The summed E-state index contributed by atoms with van der Waals surface area (Å²) < 4.78 is 5.40. The Hall–Kier alpha value is -0.650. The van der Waals surface area contributed by atoms with Crippen molar-refractivity contribution < 1.29 is 14.6 Å². The van der Waals surface area contributed by atoms with Crippen LogP contribution in [0, 0.1) is 5.92 Å². The Bertz CT molecular complexity index is 217. The second-order valence-electron chi connectivity index (χ2n) is 4.58. The van der Waals surface area contributed by atoms with E-state index in [9.17, 15) is 4.79 Å². The fourth-order valence-electron chi connectivity index (χ4n) is 1.97. The van der Waals surface area contributed by atoms with Gasteiger partial charge in [-0.1, -0.05) is 0 Å². The van der Waals surface area contributed by atoms with Crippen LogP contribution >= 0.6 is 0 Å². The number of carbonyl (C=O) groups is 1. The summed E-state index contributed by atoms with van der Waals surface area (Å²) in [6, 6.07) is -0.745. The lowest BCUT2D eigenvalue weighted by Gasteiger charge is -2.27. The van der Waals surface area contributed by atoms with Crippen LogP contribution in [0.1, 0.15) is 19.3 Å². The molecular formula is C11H22N2O3. The lowest BCUT2D eigenvalue weighted by atomic mass is 10.0. The maximum Gasteiger partial charge on any atom is 0.320 e. The van der Waals surface area contributed by atoms with Crippen molar-refractivity contribution in [2.45, 2.75) is 25.3 Å². The molecule has 0 saturated carbocycles. The third-order valence-electron chi connectivity index (χ3n) is 2.96. The maximum atomic E-state index is 10.5. The molecule has 0 bridgehead atoms. The highest BCUT2D eigenvalue weighted by Crippen LogP contribution is 2.14. The third-order valence-corrected chi connectivity index (χ3v) is 2.96. The Balaban J connectivity index is 2.14. The molecule has 5 nitrogen and oxygen atoms in total. The summed E-state index contributed by atoms with van der Waals surface area (Å²) in [6.07, 6.45) is 2.84. The Morgan fingerprint density at radius 2 is 2.44 bits per heavy atom. The van der Waals surface area contributed by atoms with Gasteiger partial charge in [0.05, 0.1) is 6.61 Å². The van der Waals surface area contributed by atoms with Crippen molar-refractivity contribution in [2.75, 3.05) is 33.4 Å². The fourth-order valence-corrected chi connectivity index (χ4v) is 1.97. The number of ether oxygens (including phenoxy) is 1. The second kappa shape index (κ2) is 6.83. The summed E-state index contributed by atoms with van der Waals surface area (Å²) in [6.45, 7) is 3.40. The average Bonchev–Trinajstić information content (AvgIpc) is 2.27. The van der Waals surface area contributed by atoms with E-state index >= 15 is 0 Å². The highest BCUT2D eigenvalue weighted by molar-refractivity contribution is 5.72. The van der Waals surface area contributed by atoms with Gasteiger partial charge in [-0.3, -0.25) is 4.79 Å². The summed E-state index contributed by atoms with van der Waals surface area (Å²) in [5.74, 6) is -0.339. The molecule has 2 atom stereocenters. The predicted molar refractivity (Wildman–Crippen MR) is 61.3 cm³/mol. The van der Waals surface area contributed by atoms with Crippen LogP contribution in [-0.4, -0.2) is 55.4 Å². The predicted octanol–water partition coefficient (Wildman–Crippen LogP) is 0.147. The SMILES string of the molecule is CN(CCC(N)C(=O)O)CC1CCCOC1. The second-order valence-corrected chi connectivity index (χ2v) is 4.58. The standard InChI is InChI=1S/C11H22N2O3/c1-13(5-4-10(12)11(14)15)7-9-3-2-6-16-8-9/h9-10H,2-8,12H2,1H3,(H,14,15). The molecule has 0 aromatic heterocycles. The minimum Gasteiger partial charge on any atom is -0.480 e. The molecule has 1 saturated heterocycles. The van der Waals surface area contributed by atoms with Crippen molar-refractivity contribution in [1.82, 2.24) is 4.90 Å². The van der Waals surface area contributed by atoms with Gasteiger partial charge in [0.2, 0.25) is 0 Å². The number of nitrogens with two attached hydrogens (primary N) is 1. The van der Waals surface area contributed by atoms with E-state index in [-0.39, 0.29) is 0 Å². The van der Waals surface area contributed by atoms with Gasteiger partial charge < -0.3 is 20.5 Å². The molecule has 1 aliphatic rings. The van der Waals surface area contributed by atoms with E-state index in [4.69, 9.17) is 15.6 Å². The number of hydrogen-bond acceptors (Lipinski definition) is 4. The molecule has 1 rings (SSSR count). The van der Waals surface area contributed by atoms with Crippen LogP contribution < -0.4 is 5.73 Å². The van der Waals surface area contributed by atoms with Crippen molar-refractivity contribution in [3.63, 3.8) is 0 Å². The Morgan fingerprint density at radius 3 is 3.00 bits per heavy atom. The number of aliphatic carboxylic acids is 1. The first-order valence-corrected chi connectivity index (χ1v) is 5.84. The van der Waals surface area contributed by atoms with E-state index in [0.717, 1.165) is 32.7 Å². The van der Waals surface area contributed by atoms with E-state index in [0.29, 0.717) is 12.3 Å². The molecule has 0 amide bonds. The topological polar surface area (TPSA) is 75.8 Å². The summed E-state index contributed by atoms with van der Waals surface area (Å²) in [5.41, 5.74) is 5.45. The maximum absolute atomic E-state index is 10.5. The smallest absolute Gasteiger partial charge is 0.320 e. The molecule has 0 radical (unpaired) electrons. The zero-order valence-electron chi connectivity index (χ0n) is 9.89. The zero-order valence-corrected chi connectivity index (χ0v) is 9.89. The normalized spacial score (nSPS) is 23.3. The first-order chi connectivity index (χ1) is 7.59. The van der Waals surface area contributed by atoms with Gasteiger partial charge in [-0.05, 0) is 38.8 Å². The number of rotatable bonds is 6. The summed E-state index contributed by atoms with van der Waals surface area (Å²) in [4.78, 5) is 12.7. The van der Waals surface area contributed by atoms with Gasteiger partial charge in [0.1, 0.15) is 6.04 Å². The van der Waals surface area contributed by atoms with Gasteiger partial charge in [-0.25, -0.2) is 0 Å². The van der Waals surface area contributed by atoms with Crippen LogP contribution in [0.3, 0.4) is 0 Å². The molecule has 1 heterocycles. The molecule has 5 heteroatoms. The van der Waals surface area contributed by atoms with Crippen molar-refractivity contribution in [3.05, 3.63) is 0 Å². The molecule has 3 N–H and O–H groups in total. The van der Waals surface area contributed by atoms with E-state index < -0.39 is 12.0 Å². The van der Waals surface area contributed by atoms with Gasteiger partial charge in [-0.15, -0.1) is 0 Å². The number of nitrogens with zero attached hydrogens (tertiary/aromatic N) is 1. The Kier molecular flexibility index (Phi) is 5.73. The van der Waals surface area contributed by atoms with Crippen LogP contribution in [0.2, 0.25) is 0 Å². The first kappa shape index (κ1) is 13.4. The van der Waals surface area contributed by atoms with E-state index in [1.165, 1.54) is 6.42 Å². The third kappa shape index (κ3) is 4.92. The largest absolute Gasteiger partial charge is 0.480 e. The molecular weight excluding hydrogens is 208 g/mol. The summed E-state index contributed by atoms with van der Waals surface area (Å²) in [7, 11) is 2.00. The van der Waals surface area contributed by atoms with Crippen LogP contribution in [0.25, 0.3) is 0 Å². The van der Waals surface area contributed by atoms with Crippen LogP contribution in [0.5, 0.6) is 0 Å². The van der Waals surface area contributed by atoms with E-state index in [1.54, 1.807) is 0 Å². The van der Waals surface area contributed by atoms with Crippen molar-refractivity contribution >= 4 is 5.97 Å². The molecule has 16 heavy (non-hydrogen) atoms. The Labute approximate surface area is 96.6 Å². The van der Waals surface area contributed by atoms with Crippen molar-refractivity contribution in [1.29, 1.82) is 0 Å². The number of hydrogen-bond donors (Lipinski definition) is 2. The molecule has 2 unspecified atom stereocenters. The molecule has 1 aliphatic heterocycles. The van der Waals surface area contributed by atoms with Crippen molar-refractivity contribution in [2.24, 2.45) is 11.7 Å². The van der Waals surface area contributed by atoms with E-state index in [1.807, 2.05) is 7.05 Å². The number of carboxylic acid groups (broad SMARTS) is 1. The molecule has 1 fully saturated rings. The quantitative estimate of drug-likeness (QED) is 0.679. The minimum absolute atomic E-state index is 0.499. The average molecular weight is 230 g/mol. The lowest BCUT2D eigenvalue weighted by molar-refractivity contribution is -0.138. The molecule has 0 aromatic rings. The summed E-state index contributed by atoms with van der Waals surface area (Å²) >= 11 is 0. The highest BCUT2D eigenvalue weighted by atomic mass is 16.5. The van der Waals surface area contributed by atoms with Gasteiger partial charge in [0, 0.05) is 13.2 Å². The fraction of sp³-hybridized carbons (Fsp3) is 0.909. The molecule has 94 valence electrons. The van der Waals surface area contributed by atoms with Crippen LogP contribution in [0.15, 0.2) is 0 Å². The van der Waals surface area contributed by atoms with Crippen molar-refractivity contribution in [3.8, 4) is 0 Å². The first-order valence-electron chi connectivity index (χ1n) is 5.84. The molecule has 0 aliphatic carbocycles. The zero-order chi connectivity index (χ0) is 12.0. The minimum atomic E-state index is -0.922. The van der Waals surface area contributed by atoms with Crippen LogP contribution in [-0.2, 0) is 9.53 Å². The van der Waals surface area contributed by atoms with Gasteiger partial charge >= 0.3 is 5.97 Å². The molecule has 0 spiro atoms. The lowest BCUT2D eigenvalue weighted by Crippen LogP contribution is -2.37. The summed E-state index contributed by atoms with van der Waals surface area (Å²) in [5, 5.41) is 8.65. The van der Waals surface area contributed by atoms with E-state index in [2.05, 4.69) is 4.90 Å². The Morgan fingerprint density at radius 1 is 1.69 bits per heavy atom. The van der Waals surface area contributed by atoms with Gasteiger partial charge in [0.15, 0.2) is 0 Å². The van der Waals surface area contributed by atoms with Gasteiger partial charge in [-0.2, -0.15) is 0 Å². The van der Waals surface area contributed by atoms with Crippen LogP contribution in [0.4, 0.5) is 0 Å². The molecule has 0 aromatic carbocycles. The van der Waals surface area contributed by atoms with Gasteiger partial charge in [0.25, 0.3) is 0 Å². The number of carboxylic acids is 1.